The van der Waals surface area contributed by atoms with Crippen LogP contribution >= 0.6 is 0 Å². The molecule has 2 aromatic rings. The van der Waals surface area contributed by atoms with Crippen molar-refractivity contribution in [2.24, 2.45) is 5.10 Å². The van der Waals surface area contributed by atoms with Crippen molar-refractivity contribution in [2.45, 2.75) is 26.7 Å². The fourth-order valence-electron chi connectivity index (χ4n) is 3.23. The first-order valence-corrected chi connectivity index (χ1v) is 10.8. The van der Waals surface area contributed by atoms with Gasteiger partial charge in [0.15, 0.2) is 18.1 Å². The Balaban J connectivity index is 1.55. The van der Waals surface area contributed by atoms with Gasteiger partial charge in [0.25, 0.3) is 5.91 Å². The zero-order valence-electron chi connectivity index (χ0n) is 18.8. The van der Waals surface area contributed by atoms with Crippen LogP contribution in [0, 0.1) is 6.92 Å². The van der Waals surface area contributed by atoms with E-state index in [1.807, 2.05) is 26.0 Å². The average molecular weight is 453 g/mol. The number of carbonyl (C=O) groups is 3. The summed E-state index contributed by atoms with van der Waals surface area (Å²) >= 11 is 0. The van der Waals surface area contributed by atoms with Crippen LogP contribution in [0.4, 0.5) is 5.69 Å². The third-order valence-electron chi connectivity index (χ3n) is 4.97. The second-order valence-corrected chi connectivity index (χ2v) is 7.54. The number of ether oxygens (including phenoxy) is 2. The van der Waals surface area contributed by atoms with E-state index >= 15 is 0 Å². The summed E-state index contributed by atoms with van der Waals surface area (Å²) in [4.78, 5) is 38.0. The maximum Gasteiger partial charge on any atom is 0.329 e. The summed E-state index contributed by atoms with van der Waals surface area (Å²) in [6.45, 7) is 5.66. The fourth-order valence-corrected chi connectivity index (χ4v) is 3.23. The summed E-state index contributed by atoms with van der Waals surface area (Å²) in [5.41, 5.74) is 4.38. The molecule has 174 valence electrons. The van der Waals surface area contributed by atoms with Crippen LogP contribution in [-0.2, 0) is 14.4 Å². The van der Waals surface area contributed by atoms with Gasteiger partial charge in [-0.2, -0.15) is 5.10 Å². The highest BCUT2D eigenvalue weighted by molar-refractivity contribution is 6.39. The summed E-state index contributed by atoms with van der Waals surface area (Å²) in [6, 6.07) is 12.1. The number of likely N-dealkylation sites (tertiary alicyclic amines) is 1. The van der Waals surface area contributed by atoms with Gasteiger partial charge in [-0.15, -0.1) is 0 Å². The first kappa shape index (κ1) is 23.8. The number of carbonyl (C=O) groups excluding carboxylic acids is 3. The number of benzene rings is 2. The molecule has 1 aliphatic rings. The zero-order valence-corrected chi connectivity index (χ0v) is 18.8. The average Bonchev–Trinajstić information content (AvgIpc) is 3.35. The Morgan fingerprint density at radius 3 is 2.42 bits per heavy atom. The van der Waals surface area contributed by atoms with Gasteiger partial charge in [-0.05, 0) is 62.6 Å². The molecular formula is C24H28N4O5. The quantitative estimate of drug-likeness (QED) is 0.363. The van der Waals surface area contributed by atoms with Crippen molar-refractivity contribution in [1.29, 1.82) is 0 Å². The molecule has 0 atom stereocenters. The highest BCUT2D eigenvalue weighted by Gasteiger charge is 2.19. The highest BCUT2D eigenvalue weighted by Crippen LogP contribution is 2.28. The normalized spacial score (nSPS) is 13.1. The van der Waals surface area contributed by atoms with Crippen LogP contribution in [0.1, 0.15) is 30.9 Å². The molecule has 1 heterocycles. The summed E-state index contributed by atoms with van der Waals surface area (Å²) in [6.07, 6.45) is 3.43. The first-order valence-electron chi connectivity index (χ1n) is 10.8. The number of amides is 3. The van der Waals surface area contributed by atoms with E-state index < -0.39 is 11.8 Å². The van der Waals surface area contributed by atoms with Gasteiger partial charge >= 0.3 is 11.8 Å². The molecule has 3 rings (SSSR count). The van der Waals surface area contributed by atoms with Crippen LogP contribution in [0.2, 0.25) is 0 Å². The molecule has 2 aromatic carbocycles. The third kappa shape index (κ3) is 7.06. The van der Waals surface area contributed by atoms with Gasteiger partial charge in [0.1, 0.15) is 0 Å². The lowest BCUT2D eigenvalue weighted by atomic mass is 10.2. The predicted molar refractivity (Wildman–Crippen MR) is 124 cm³/mol. The molecule has 0 aromatic heterocycles. The lowest BCUT2D eigenvalue weighted by Gasteiger charge is -2.17. The van der Waals surface area contributed by atoms with Crippen molar-refractivity contribution >= 4 is 29.6 Å². The number of aryl methyl sites for hydroxylation is 1. The topological polar surface area (TPSA) is 109 Å². The second-order valence-electron chi connectivity index (χ2n) is 7.54. The number of nitrogens with one attached hydrogen (secondary N) is 2. The Labute approximate surface area is 192 Å². The molecule has 9 nitrogen and oxygen atoms in total. The number of hydrazone groups is 1. The van der Waals surface area contributed by atoms with E-state index in [9.17, 15) is 14.4 Å². The van der Waals surface area contributed by atoms with Gasteiger partial charge < -0.3 is 19.7 Å². The molecular weight excluding hydrogens is 424 g/mol. The van der Waals surface area contributed by atoms with E-state index in [1.54, 1.807) is 35.2 Å². The molecule has 1 saturated heterocycles. The number of nitrogens with zero attached hydrogens (tertiary/aromatic N) is 2. The van der Waals surface area contributed by atoms with E-state index in [0.717, 1.165) is 31.5 Å². The van der Waals surface area contributed by atoms with Crippen LogP contribution in [0.15, 0.2) is 47.6 Å². The first-order chi connectivity index (χ1) is 16.0. The number of rotatable bonds is 8. The minimum Gasteiger partial charge on any atom is -0.490 e. The van der Waals surface area contributed by atoms with Crippen molar-refractivity contribution in [3.63, 3.8) is 0 Å². The maximum absolute atomic E-state index is 12.2. The Morgan fingerprint density at radius 2 is 1.73 bits per heavy atom. The lowest BCUT2D eigenvalue weighted by Crippen LogP contribution is -2.32. The molecule has 0 saturated carbocycles. The van der Waals surface area contributed by atoms with Crippen LogP contribution < -0.4 is 20.2 Å². The van der Waals surface area contributed by atoms with Gasteiger partial charge in [0, 0.05) is 18.8 Å². The van der Waals surface area contributed by atoms with Crippen LogP contribution in [0.25, 0.3) is 0 Å². The van der Waals surface area contributed by atoms with Gasteiger partial charge in [0.2, 0.25) is 0 Å². The summed E-state index contributed by atoms with van der Waals surface area (Å²) in [5.74, 6) is -0.857. The van der Waals surface area contributed by atoms with E-state index in [4.69, 9.17) is 9.47 Å². The van der Waals surface area contributed by atoms with Crippen LogP contribution in [-0.4, -0.2) is 55.1 Å². The molecule has 0 bridgehead atoms. The van der Waals surface area contributed by atoms with E-state index in [1.165, 1.54) is 6.21 Å². The Hall–Kier alpha value is -3.88. The summed E-state index contributed by atoms with van der Waals surface area (Å²) < 4.78 is 11.3. The van der Waals surface area contributed by atoms with Crippen molar-refractivity contribution < 1.29 is 23.9 Å². The molecule has 0 unspecified atom stereocenters. The summed E-state index contributed by atoms with van der Waals surface area (Å²) in [5, 5.41) is 6.34. The van der Waals surface area contributed by atoms with Gasteiger partial charge in [0.05, 0.1) is 12.8 Å². The molecule has 0 aliphatic carbocycles. The third-order valence-corrected chi connectivity index (χ3v) is 4.97. The van der Waals surface area contributed by atoms with Crippen molar-refractivity contribution in [2.75, 3.05) is 31.6 Å². The van der Waals surface area contributed by atoms with Crippen LogP contribution in [0.3, 0.4) is 0 Å². The standard InChI is InChI=1S/C24H28N4O5/c1-3-32-21-14-18(8-11-20(21)33-16-22(29)28-12-4-5-13-28)15-25-27-24(31)23(30)26-19-9-6-17(2)7-10-19/h6-11,14-15H,3-5,12-13,16H2,1-2H3,(H,26,30)(H,27,31)/b25-15-. The van der Waals surface area contributed by atoms with Crippen LogP contribution in [0.5, 0.6) is 11.5 Å². The number of anilines is 1. The maximum atomic E-state index is 12.2. The largest absolute Gasteiger partial charge is 0.490 e. The second kappa shape index (κ2) is 11.7. The minimum atomic E-state index is -0.891. The monoisotopic (exact) mass is 452 g/mol. The SMILES string of the molecule is CCOc1cc(/C=N\NC(=O)C(=O)Nc2ccc(C)cc2)ccc1OCC(=O)N1CCCC1. The molecule has 0 radical (unpaired) electrons. The molecule has 2 N–H and O–H groups in total. The van der Waals surface area contributed by atoms with E-state index in [-0.39, 0.29) is 12.5 Å². The van der Waals surface area contributed by atoms with Gasteiger partial charge in [-0.3, -0.25) is 14.4 Å². The molecule has 0 spiro atoms. The molecule has 1 fully saturated rings. The smallest absolute Gasteiger partial charge is 0.329 e. The zero-order chi connectivity index (χ0) is 23.6. The minimum absolute atomic E-state index is 0.0489. The molecule has 33 heavy (non-hydrogen) atoms. The predicted octanol–water partition coefficient (Wildman–Crippen LogP) is 2.48. The summed E-state index contributed by atoms with van der Waals surface area (Å²) in [7, 11) is 0. The Bertz CT molecular complexity index is 1010. The highest BCUT2D eigenvalue weighted by atomic mass is 16.5. The van der Waals surface area contributed by atoms with Gasteiger partial charge in [-0.25, -0.2) is 5.43 Å². The van der Waals surface area contributed by atoms with Crippen molar-refractivity contribution in [3.05, 3.63) is 53.6 Å². The van der Waals surface area contributed by atoms with Crippen molar-refractivity contribution in [3.8, 4) is 11.5 Å². The fraction of sp³-hybridized carbons (Fsp3) is 0.333. The number of hydrogen-bond acceptors (Lipinski definition) is 6. The Morgan fingerprint density at radius 1 is 1.00 bits per heavy atom. The van der Waals surface area contributed by atoms with E-state index in [0.29, 0.717) is 29.4 Å². The van der Waals surface area contributed by atoms with E-state index in [2.05, 4.69) is 15.8 Å². The molecule has 3 amide bonds. The van der Waals surface area contributed by atoms with Crippen molar-refractivity contribution in [1.82, 2.24) is 10.3 Å². The van der Waals surface area contributed by atoms with Gasteiger partial charge in [-0.1, -0.05) is 17.7 Å². The lowest BCUT2D eigenvalue weighted by molar-refractivity contribution is -0.136. The molecule has 1 aliphatic heterocycles. The Kier molecular flexibility index (Phi) is 8.40. The molecule has 9 heteroatoms. The number of hydrogen-bond donors (Lipinski definition) is 2.